The molecule has 1 atom stereocenters. The third-order valence-corrected chi connectivity index (χ3v) is 3.89. The normalized spacial score (nSPS) is 15.4. The lowest BCUT2D eigenvalue weighted by molar-refractivity contribution is 0.0938. The summed E-state index contributed by atoms with van der Waals surface area (Å²) in [5.74, 6) is 0.735. The van der Waals surface area contributed by atoms with Gasteiger partial charge in [-0.2, -0.15) is 0 Å². The zero-order valence-corrected chi connectivity index (χ0v) is 11.6. The number of nitrogens with zero attached hydrogens (tertiary/aromatic N) is 1. The minimum Gasteiger partial charge on any atom is -0.347 e. The molecular formula is C16H19N3O. The van der Waals surface area contributed by atoms with Crippen molar-refractivity contribution in [1.29, 1.82) is 0 Å². The molecule has 1 aromatic carbocycles. The SMILES string of the molecule is CC(NC(=O)c1ccc2c(c1)CCCC2)c1ncc[nH]1. The summed E-state index contributed by atoms with van der Waals surface area (Å²) in [5.41, 5.74) is 3.46. The molecule has 0 saturated carbocycles. The topological polar surface area (TPSA) is 57.8 Å². The number of hydrogen-bond acceptors (Lipinski definition) is 2. The molecule has 0 fully saturated rings. The van der Waals surface area contributed by atoms with Gasteiger partial charge in [-0.3, -0.25) is 4.79 Å². The molecule has 104 valence electrons. The van der Waals surface area contributed by atoms with E-state index >= 15 is 0 Å². The number of rotatable bonds is 3. The summed E-state index contributed by atoms with van der Waals surface area (Å²) in [4.78, 5) is 19.5. The fraction of sp³-hybridized carbons (Fsp3) is 0.375. The Morgan fingerprint density at radius 3 is 2.85 bits per heavy atom. The summed E-state index contributed by atoms with van der Waals surface area (Å²) in [5, 5.41) is 2.97. The number of imidazole rings is 1. The lowest BCUT2D eigenvalue weighted by atomic mass is 9.90. The first kappa shape index (κ1) is 12.9. The van der Waals surface area contributed by atoms with Crippen molar-refractivity contribution < 1.29 is 4.79 Å². The van der Waals surface area contributed by atoms with Gasteiger partial charge in [0.15, 0.2) is 0 Å². The Morgan fingerprint density at radius 1 is 1.30 bits per heavy atom. The van der Waals surface area contributed by atoms with Crippen LogP contribution in [0, 0.1) is 0 Å². The van der Waals surface area contributed by atoms with Crippen molar-refractivity contribution >= 4 is 5.91 Å². The van der Waals surface area contributed by atoms with Crippen LogP contribution in [0.1, 0.15) is 53.1 Å². The Kier molecular flexibility index (Phi) is 3.54. The summed E-state index contributed by atoms with van der Waals surface area (Å²) in [6, 6.07) is 5.95. The standard InChI is InChI=1S/C16H19N3O/c1-11(15-17-8-9-18-15)19-16(20)14-7-6-12-4-2-3-5-13(12)10-14/h6-11H,2-5H2,1H3,(H,17,18)(H,19,20). The first-order valence-corrected chi connectivity index (χ1v) is 7.16. The predicted octanol–water partition coefficient (Wildman–Crippen LogP) is 2.78. The molecule has 0 spiro atoms. The summed E-state index contributed by atoms with van der Waals surface area (Å²) in [6.07, 6.45) is 8.16. The zero-order chi connectivity index (χ0) is 13.9. The third kappa shape index (κ3) is 2.59. The molecule has 2 N–H and O–H groups in total. The number of hydrogen-bond donors (Lipinski definition) is 2. The molecule has 20 heavy (non-hydrogen) atoms. The number of carbonyl (C=O) groups excluding carboxylic acids is 1. The summed E-state index contributed by atoms with van der Waals surface area (Å²) < 4.78 is 0. The van der Waals surface area contributed by atoms with Gasteiger partial charge in [-0.25, -0.2) is 4.98 Å². The molecule has 4 heteroatoms. The highest BCUT2D eigenvalue weighted by molar-refractivity contribution is 5.94. The quantitative estimate of drug-likeness (QED) is 0.900. The van der Waals surface area contributed by atoms with Gasteiger partial charge in [0.1, 0.15) is 5.82 Å². The third-order valence-electron chi connectivity index (χ3n) is 3.89. The highest BCUT2D eigenvalue weighted by Crippen LogP contribution is 2.22. The van der Waals surface area contributed by atoms with E-state index in [1.807, 2.05) is 19.1 Å². The highest BCUT2D eigenvalue weighted by Gasteiger charge is 2.15. The molecule has 4 nitrogen and oxygen atoms in total. The van der Waals surface area contributed by atoms with E-state index in [-0.39, 0.29) is 11.9 Å². The van der Waals surface area contributed by atoms with Crippen LogP contribution in [0.5, 0.6) is 0 Å². The minimum atomic E-state index is -0.117. The predicted molar refractivity (Wildman–Crippen MR) is 77.6 cm³/mol. The van der Waals surface area contributed by atoms with Crippen molar-refractivity contribution in [2.24, 2.45) is 0 Å². The largest absolute Gasteiger partial charge is 0.347 e. The maximum atomic E-state index is 12.3. The second kappa shape index (κ2) is 5.49. The second-order valence-corrected chi connectivity index (χ2v) is 5.36. The Hall–Kier alpha value is -2.10. The van der Waals surface area contributed by atoms with E-state index in [0.717, 1.165) is 24.2 Å². The van der Waals surface area contributed by atoms with E-state index in [1.54, 1.807) is 12.4 Å². The van der Waals surface area contributed by atoms with Gasteiger partial charge in [0.2, 0.25) is 0 Å². The lowest BCUT2D eigenvalue weighted by Crippen LogP contribution is -2.27. The monoisotopic (exact) mass is 269 g/mol. The van der Waals surface area contributed by atoms with E-state index in [9.17, 15) is 4.79 Å². The van der Waals surface area contributed by atoms with E-state index < -0.39 is 0 Å². The number of aromatic nitrogens is 2. The Morgan fingerprint density at radius 2 is 2.10 bits per heavy atom. The molecule has 0 radical (unpaired) electrons. The number of H-pyrrole nitrogens is 1. The fourth-order valence-electron chi connectivity index (χ4n) is 2.74. The average molecular weight is 269 g/mol. The Balaban J connectivity index is 1.74. The molecule has 0 aliphatic heterocycles. The molecule has 1 amide bonds. The van der Waals surface area contributed by atoms with Crippen LogP contribution in [0.4, 0.5) is 0 Å². The number of nitrogens with one attached hydrogen (secondary N) is 2. The average Bonchev–Trinajstić information content (AvgIpc) is 3.01. The van der Waals surface area contributed by atoms with Gasteiger partial charge in [0.05, 0.1) is 6.04 Å². The van der Waals surface area contributed by atoms with Crippen molar-refractivity contribution in [2.45, 2.75) is 38.6 Å². The molecule has 1 aliphatic carbocycles. The van der Waals surface area contributed by atoms with Crippen LogP contribution in [0.15, 0.2) is 30.6 Å². The van der Waals surface area contributed by atoms with Crippen LogP contribution in [-0.2, 0) is 12.8 Å². The number of aromatic amines is 1. The van der Waals surface area contributed by atoms with Gasteiger partial charge in [0, 0.05) is 18.0 Å². The summed E-state index contributed by atoms with van der Waals surface area (Å²) >= 11 is 0. The van der Waals surface area contributed by atoms with Crippen LogP contribution in [0.3, 0.4) is 0 Å². The summed E-state index contributed by atoms with van der Waals surface area (Å²) in [7, 11) is 0. The van der Waals surface area contributed by atoms with Crippen LogP contribution < -0.4 is 5.32 Å². The van der Waals surface area contributed by atoms with Crippen molar-refractivity contribution in [1.82, 2.24) is 15.3 Å². The highest BCUT2D eigenvalue weighted by atomic mass is 16.1. The van der Waals surface area contributed by atoms with E-state index in [0.29, 0.717) is 0 Å². The first-order valence-electron chi connectivity index (χ1n) is 7.16. The van der Waals surface area contributed by atoms with Gasteiger partial charge in [-0.05, 0) is 55.9 Å². The first-order chi connectivity index (χ1) is 9.74. The molecule has 0 bridgehead atoms. The number of benzene rings is 1. The molecule has 0 saturated heterocycles. The lowest BCUT2D eigenvalue weighted by Gasteiger charge is -2.17. The van der Waals surface area contributed by atoms with Gasteiger partial charge in [0.25, 0.3) is 5.91 Å². The van der Waals surface area contributed by atoms with E-state index in [2.05, 4.69) is 21.4 Å². The van der Waals surface area contributed by atoms with Gasteiger partial charge in [-0.1, -0.05) is 6.07 Å². The Bertz CT molecular complexity index is 604. The van der Waals surface area contributed by atoms with Crippen molar-refractivity contribution in [3.8, 4) is 0 Å². The molecule has 3 rings (SSSR count). The maximum Gasteiger partial charge on any atom is 0.251 e. The molecular weight excluding hydrogens is 250 g/mol. The van der Waals surface area contributed by atoms with Crippen LogP contribution in [0.25, 0.3) is 0 Å². The fourth-order valence-corrected chi connectivity index (χ4v) is 2.74. The minimum absolute atomic E-state index is 0.0396. The van der Waals surface area contributed by atoms with Crippen molar-refractivity contribution in [2.75, 3.05) is 0 Å². The number of amides is 1. The molecule has 1 aromatic heterocycles. The van der Waals surface area contributed by atoms with Crippen molar-refractivity contribution in [3.05, 3.63) is 53.1 Å². The molecule has 1 aliphatic rings. The van der Waals surface area contributed by atoms with Gasteiger partial charge >= 0.3 is 0 Å². The maximum absolute atomic E-state index is 12.3. The van der Waals surface area contributed by atoms with Gasteiger partial charge in [-0.15, -0.1) is 0 Å². The van der Waals surface area contributed by atoms with Gasteiger partial charge < -0.3 is 10.3 Å². The van der Waals surface area contributed by atoms with E-state index in [4.69, 9.17) is 0 Å². The second-order valence-electron chi connectivity index (χ2n) is 5.36. The molecule has 1 heterocycles. The van der Waals surface area contributed by atoms with E-state index in [1.165, 1.54) is 24.0 Å². The van der Waals surface area contributed by atoms with Crippen LogP contribution in [-0.4, -0.2) is 15.9 Å². The molecule has 1 unspecified atom stereocenters. The van der Waals surface area contributed by atoms with Crippen LogP contribution in [0.2, 0.25) is 0 Å². The number of carbonyl (C=O) groups is 1. The zero-order valence-electron chi connectivity index (χ0n) is 11.6. The molecule has 2 aromatic rings. The van der Waals surface area contributed by atoms with Crippen molar-refractivity contribution in [3.63, 3.8) is 0 Å². The summed E-state index contributed by atoms with van der Waals surface area (Å²) in [6.45, 7) is 1.93. The number of aryl methyl sites for hydroxylation is 2. The van der Waals surface area contributed by atoms with Crippen LogP contribution >= 0.6 is 0 Å². The number of fused-ring (bicyclic) bond motifs is 1. The Labute approximate surface area is 118 Å². The smallest absolute Gasteiger partial charge is 0.251 e.